The van der Waals surface area contributed by atoms with Crippen LogP contribution in [0.5, 0.6) is 0 Å². The molecule has 3 nitrogen and oxygen atoms in total. The Morgan fingerprint density at radius 2 is 1.81 bits per heavy atom. The van der Waals surface area contributed by atoms with Crippen LogP contribution in [0, 0.1) is 3.57 Å². The summed E-state index contributed by atoms with van der Waals surface area (Å²) in [5.41, 5.74) is 1.20. The topological polar surface area (TPSA) is 37.8 Å². The van der Waals surface area contributed by atoms with Gasteiger partial charge in [-0.25, -0.2) is 9.97 Å². The molecule has 0 amide bonds. The Balaban J connectivity index is 3.31. The van der Waals surface area contributed by atoms with Gasteiger partial charge in [0.2, 0.25) is 0 Å². The van der Waals surface area contributed by atoms with Crippen LogP contribution >= 0.6 is 22.6 Å². The fraction of sp³-hybridized carbons (Fsp3) is 0.667. The molecule has 0 saturated heterocycles. The summed E-state index contributed by atoms with van der Waals surface area (Å²) in [5.74, 6) is 1.89. The summed E-state index contributed by atoms with van der Waals surface area (Å²) in [6.07, 6.45) is 0.873. The molecular formula is C12H20IN3. The number of anilines is 1. The average molecular weight is 333 g/mol. The molecule has 0 spiro atoms. The van der Waals surface area contributed by atoms with E-state index in [4.69, 9.17) is 0 Å². The van der Waals surface area contributed by atoms with E-state index in [1.165, 1.54) is 0 Å². The Morgan fingerprint density at radius 3 is 2.25 bits per heavy atom. The van der Waals surface area contributed by atoms with Crippen molar-refractivity contribution in [3.63, 3.8) is 0 Å². The minimum atomic E-state index is 0.0631. The first-order valence-corrected chi connectivity index (χ1v) is 6.78. The molecule has 0 unspecified atom stereocenters. The Bertz CT molecular complexity index is 369. The minimum absolute atomic E-state index is 0.0631. The number of hydrogen-bond donors (Lipinski definition) is 1. The van der Waals surface area contributed by atoms with Gasteiger partial charge in [-0.3, -0.25) is 0 Å². The average Bonchev–Trinajstić information content (AvgIpc) is 2.19. The van der Waals surface area contributed by atoms with Gasteiger partial charge in [-0.05, 0) is 29.5 Å². The number of nitrogens with zero attached hydrogens (tertiary/aromatic N) is 2. The predicted octanol–water partition coefficient (Wildman–Crippen LogP) is 3.37. The molecule has 1 rings (SSSR count). The molecule has 0 fully saturated rings. The molecule has 4 heteroatoms. The Morgan fingerprint density at radius 1 is 1.19 bits per heavy atom. The van der Waals surface area contributed by atoms with Gasteiger partial charge in [-0.15, -0.1) is 0 Å². The number of hydrogen-bond acceptors (Lipinski definition) is 3. The van der Waals surface area contributed by atoms with Crippen LogP contribution in [0.2, 0.25) is 0 Å². The first-order valence-electron chi connectivity index (χ1n) is 5.70. The smallest absolute Gasteiger partial charge is 0.143 e. The van der Waals surface area contributed by atoms with Gasteiger partial charge in [0.1, 0.15) is 11.6 Å². The summed E-state index contributed by atoms with van der Waals surface area (Å²) in [4.78, 5) is 9.17. The highest BCUT2D eigenvalue weighted by Gasteiger charge is 2.22. The number of rotatable bonds is 3. The van der Waals surface area contributed by atoms with E-state index in [0.717, 1.165) is 33.9 Å². The maximum Gasteiger partial charge on any atom is 0.143 e. The van der Waals surface area contributed by atoms with Crippen molar-refractivity contribution in [3.8, 4) is 0 Å². The molecular weight excluding hydrogens is 313 g/mol. The first kappa shape index (κ1) is 13.7. The monoisotopic (exact) mass is 333 g/mol. The number of aryl methyl sites for hydroxylation is 1. The molecule has 0 atom stereocenters. The maximum atomic E-state index is 4.65. The van der Waals surface area contributed by atoms with E-state index in [2.05, 4.69) is 72.5 Å². The van der Waals surface area contributed by atoms with Gasteiger partial charge in [-0.2, -0.15) is 0 Å². The van der Waals surface area contributed by atoms with E-state index in [9.17, 15) is 0 Å². The minimum Gasteiger partial charge on any atom is -0.369 e. The van der Waals surface area contributed by atoms with E-state index < -0.39 is 0 Å². The van der Waals surface area contributed by atoms with Crippen LogP contribution in [0.4, 0.5) is 5.82 Å². The second-order valence-electron chi connectivity index (χ2n) is 4.78. The van der Waals surface area contributed by atoms with Crippen LogP contribution in [0.15, 0.2) is 0 Å². The van der Waals surface area contributed by atoms with Gasteiger partial charge < -0.3 is 5.32 Å². The fourth-order valence-corrected chi connectivity index (χ4v) is 2.67. The third-order valence-electron chi connectivity index (χ3n) is 2.27. The molecule has 90 valence electrons. The molecule has 0 aromatic carbocycles. The number of halogens is 1. The van der Waals surface area contributed by atoms with E-state index in [1.54, 1.807) is 0 Å². The molecule has 16 heavy (non-hydrogen) atoms. The van der Waals surface area contributed by atoms with Crippen LogP contribution in [0.25, 0.3) is 0 Å². The van der Waals surface area contributed by atoms with Crippen LogP contribution in [0.3, 0.4) is 0 Å². The predicted molar refractivity (Wildman–Crippen MR) is 77.0 cm³/mol. The SMILES string of the molecule is CCNc1nc(CC)nc(C(C)(C)C)c1I. The second kappa shape index (κ2) is 5.29. The summed E-state index contributed by atoms with van der Waals surface area (Å²) in [7, 11) is 0. The Labute approximate surface area is 112 Å². The van der Waals surface area contributed by atoms with Gasteiger partial charge in [-0.1, -0.05) is 27.7 Å². The second-order valence-corrected chi connectivity index (χ2v) is 5.86. The van der Waals surface area contributed by atoms with Crippen LogP contribution in [-0.4, -0.2) is 16.5 Å². The lowest BCUT2D eigenvalue weighted by atomic mass is 9.92. The maximum absolute atomic E-state index is 4.65. The fourth-order valence-electron chi connectivity index (χ4n) is 1.43. The lowest BCUT2D eigenvalue weighted by Gasteiger charge is -2.21. The van der Waals surface area contributed by atoms with Crippen LogP contribution in [-0.2, 0) is 11.8 Å². The van der Waals surface area contributed by atoms with Crippen LogP contribution in [0.1, 0.15) is 46.1 Å². The largest absolute Gasteiger partial charge is 0.369 e. The summed E-state index contributed by atoms with van der Waals surface area (Å²) in [6.45, 7) is 11.6. The van der Waals surface area contributed by atoms with Gasteiger partial charge in [0.05, 0.1) is 9.26 Å². The molecule has 0 radical (unpaired) electrons. The first-order chi connectivity index (χ1) is 7.40. The number of aromatic nitrogens is 2. The zero-order valence-corrected chi connectivity index (χ0v) is 12.8. The van der Waals surface area contributed by atoms with Crippen molar-refractivity contribution < 1.29 is 0 Å². The van der Waals surface area contributed by atoms with Crippen molar-refractivity contribution >= 4 is 28.4 Å². The third-order valence-corrected chi connectivity index (χ3v) is 3.29. The Kier molecular flexibility index (Phi) is 4.52. The van der Waals surface area contributed by atoms with E-state index in [0.29, 0.717) is 0 Å². The van der Waals surface area contributed by atoms with Gasteiger partial charge in [0.25, 0.3) is 0 Å². The van der Waals surface area contributed by atoms with Crippen molar-refractivity contribution in [1.82, 2.24) is 9.97 Å². The molecule has 0 saturated carbocycles. The third kappa shape index (κ3) is 3.06. The highest BCUT2D eigenvalue weighted by molar-refractivity contribution is 14.1. The molecule has 0 aliphatic rings. The van der Waals surface area contributed by atoms with Crippen LogP contribution < -0.4 is 5.32 Å². The summed E-state index contributed by atoms with van der Waals surface area (Å²) in [5, 5.41) is 3.30. The van der Waals surface area contributed by atoms with Crippen molar-refractivity contribution in [2.24, 2.45) is 0 Å². The lowest BCUT2D eigenvalue weighted by molar-refractivity contribution is 0.558. The molecule has 1 heterocycles. The Hall–Kier alpha value is -0.390. The standard InChI is InChI=1S/C12H20IN3/c1-6-8-15-10(12(3,4)5)9(13)11(16-8)14-7-2/h6-7H2,1-5H3,(H,14,15,16). The summed E-state index contributed by atoms with van der Waals surface area (Å²) >= 11 is 2.34. The molecule has 0 bridgehead atoms. The lowest BCUT2D eigenvalue weighted by Crippen LogP contribution is -2.19. The normalized spacial score (nSPS) is 11.6. The summed E-state index contributed by atoms with van der Waals surface area (Å²) in [6, 6.07) is 0. The summed E-state index contributed by atoms with van der Waals surface area (Å²) < 4.78 is 1.14. The van der Waals surface area contributed by atoms with Crippen molar-refractivity contribution in [3.05, 3.63) is 15.1 Å². The van der Waals surface area contributed by atoms with E-state index in [1.807, 2.05) is 0 Å². The van der Waals surface area contributed by atoms with Gasteiger partial charge >= 0.3 is 0 Å². The van der Waals surface area contributed by atoms with E-state index >= 15 is 0 Å². The van der Waals surface area contributed by atoms with Crippen molar-refractivity contribution in [1.29, 1.82) is 0 Å². The zero-order valence-electron chi connectivity index (χ0n) is 10.7. The highest BCUT2D eigenvalue weighted by Crippen LogP contribution is 2.29. The highest BCUT2D eigenvalue weighted by atomic mass is 127. The number of nitrogens with one attached hydrogen (secondary N) is 1. The van der Waals surface area contributed by atoms with Crippen molar-refractivity contribution in [2.75, 3.05) is 11.9 Å². The van der Waals surface area contributed by atoms with Gasteiger partial charge in [0.15, 0.2) is 0 Å². The molecule has 1 aromatic rings. The van der Waals surface area contributed by atoms with E-state index in [-0.39, 0.29) is 5.41 Å². The molecule has 1 N–H and O–H groups in total. The van der Waals surface area contributed by atoms with Gasteiger partial charge in [0, 0.05) is 18.4 Å². The quantitative estimate of drug-likeness (QED) is 0.862. The molecule has 0 aliphatic carbocycles. The zero-order chi connectivity index (χ0) is 12.3. The molecule has 0 aliphatic heterocycles. The van der Waals surface area contributed by atoms with Crippen molar-refractivity contribution in [2.45, 2.75) is 46.5 Å². The molecule has 1 aromatic heterocycles.